The highest BCUT2D eigenvalue weighted by molar-refractivity contribution is 14.1. The van der Waals surface area contributed by atoms with Crippen LogP contribution >= 0.6 is 22.6 Å². The van der Waals surface area contributed by atoms with E-state index in [-0.39, 0.29) is 0 Å². The summed E-state index contributed by atoms with van der Waals surface area (Å²) in [5.41, 5.74) is 2.56. The highest BCUT2D eigenvalue weighted by Gasteiger charge is 2.01. The molecule has 0 fully saturated rings. The van der Waals surface area contributed by atoms with Gasteiger partial charge in [0.25, 0.3) is 0 Å². The fourth-order valence-electron chi connectivity index (χ4n) is 2.03. The normalized spacial score (nSPS) is 12.1. The lowest BCUT2D eigenvalue weighted by Crippen LogP contribution is -2.21. The molecule has 0 saturated heterocycles. The number of hydrogen-bond acceptors (Lipinski definition) is 2. The third-order valence-corrected chi connectivity index (χ3v) is 4.32. The van der Waals surface area contributed by atoms with E-state index in [1.54, 1.807) is 0 Å². The highest BCUT2D eigenvalue weighted by Crippen LogP contribution is 2.16. The van der Waals surface area contributed by atoms with Crippen LogP contribution in [0.15, 0.2) is 48.5 Å². The second kappa shape index (κ2) is 8.39. The van der Waals surface area contributed by atoms with Crippen molar-refractivity contribution in [3.05, 3.63) is 63.2 Å². The number of hydrogen-bond donors (Lipinski definition) is 1. The van der Waals surface area contributed by atoms with Gasteiger partial charge in [-0.1, -0.05) is 24.3 Å². The Balaban J connectivity index is 1.83. The molecule has 112 valence electrons. The molecule has 1 atom stereocenters. The fraction of sp³-hybridized carbons (Fsp3) is 0.333. The lowest BCUT2D eigenvalue weighted by Gasteiger charge is -2.10. The summed E-state index contributed by atoms with van der Waals surface area (Å²) < 4.78 is 7.07. The van der Waals surface area contributed by atoms with Crippen molar-refractivity contribution in [3.8, 4) is 5.75 Å². The number of nitrogens with one attached hydrogen (secondary N) is 1. The zero-order valence-electron chi connectivity index (χ0n) is 12.6. The van der Waals surface area contributed by atoms with E-state index in [0.717, 1.165) is 18.6 Å². The Labute approximate surface area is 141 Å². The van der Waals surface area contributed by atoms with Gasteiger partial charge in [0.15, 0.2) is 0 Å². The summed E-state index contributed by atoms with van der Waals surface area (Å²) in [6, 6.07) is 17.4. The molecule has 2 rings (SSSR count). The van der Waals surface area contributed by atoms with Gasteiger partial charge in [0, 0.05) is 9.61 Å². The van der Waals surface area contributed by atoms with Crippen LogP contribution in [-0.2, 0) is 13.0 Å². The number of rotatable bonds is 7. The Morgan fingerprint density at radius 2 is 1.62 bits per heavy atom. The maximum atomic E-state index is 5.82. The summed E-state index contributed by atoms with van der Waals surface area (Å²) >= 11 is 2.31. The van der Waals surface area contributed by atoms with Gasteiger partial charge in [-0.05, 0) is 84.8 Å². The zero-order chi connectivity index (χ0) is 15.1. The van der Waals surface area contributed by atoms with Gasteiger partial charge in [-0.15, -0.1) is 0 Å². The summed E-state index contributed by atoms with van der Waals surface area (Å²) in [5, 5.41) is 3.26. The van der Waals surface area contributed by atoms with Crippen molar-refractivity contribution >= 4 is 22.6 Å². The average Bonchev–Trinajstić information content (AvgIpc) is 2.53. The van der Waals surface area contributed by atoms with Crippen LogP contribution in [0.2, 0.25) is 0 Å². The van der Waals surface area contributed by atoms with E-state index in [1.165, 1.54) is 14.7 Å². The van der Waals surface area contributed by atoms with E-state index in [1.807, 2.05) is 7.05 Å². The van der Waals surface area contributed by atoms with Gasteiger partial charge in [0.1, 0.15) is 12.4 Å². The van der Waals surface area contributed by atoms with E-state index >= 15 is 0 Å². The quantitative estimate of drug-likeness (QED) is 0.702. The van der Waals surface area contributed by atoms with Crippen LogP contribution in [0.3, 0.4) is 0 Å². The SMILES string of the molecule is CNC(C)CCc1ccc(OCc2ccc(I)cc2)cc1. The zero-order valence-corrected chi connectivity index (χ0v) is 14.8. The lowest BCUT2D eigenvalue weighted by molar-refractivity contribution is 0.306. The Hall–Kier alpha value is -1.07. The Kier molecular flexibility index (Phi) is 6.51. The van der Waals surface area contributed by atoms with Gasteiger partial charge in [-0.2, -0.15) is 0 Å². The van der Waals surface area contributed by atoms with E-state index in [9.17, 15) is 0 Å². The molecule has 0 radical (unpaired) electrons. The molecule has 2 aromatic rings. The summed E-state index contributed by atoms with van der Waals surface area (Å²) in [6.07, 6.45) is 2.25. The maximum absolute atomic E-state index is 5.82. The van der Waals surface area contributed by atoms with Crippen molar-refractivity contribution in [2.24, 2.45) is 0 Å². The molecule has 0 aromatic heterocycles. The van der Waals surface area contributed by atoms with E-state index in [0.29, 0.717) is 12.6 Å². The largest absolute Gasteiger partial charge is 0.489 e. The number of halogens is 1. The van der Waals surface area contributed by atoms with Crippen LogP contribution < -0.4 is 10.1 Å². The van der Waals surface area contributed by atoms with Crippen molar-refractivity contribution in [3.63, 3.8) is 0 Å². The molecule has 0 amide bonds. The molecule has 0 aliphatic heterocycles. The second-order valence-electron chi connectivity index (χ2n) is 5.29. The molecule has 0 heterocycles. The smallest absolute Gasteiger partial charge is 0.119 e. The summed E-state index contributed by atoms with van der Waals surface area (Å²) in [7, 11) is 2.01. The van der Waals surface area contributed by atoms with E-state index in [2.05, 4.69) is 83.4 Å². The number of aryl methyl sites for hydroxylation is 1. The summed E-state index contributed by atoms with van der Waals surface area (Å²) in [5.74, 6) is 0.930. The van der Waals surface area contributed by atoms with Crippen LogP contribution in [0.1, 0.15) is 24.5 Å². The molecule has 0 aliphatic carbocycles. The standard InChI is InChI=1S/C18H22INO/c1-14(20-2)3-4-15-7-11-18(12-8-15)21-13-16-5-9-17(19)10-6-16/h5-12,14,20H,3-4,13H2,1-2H3. The van der Waals surface area contributed by atoms with Crippen LogP contribution in [-0.4, -0.2) is 13.1 Å². The van der Waals surface area contributed by atoms with Gasteiger partial charge in [-0.3, -0.25) is 0 Å². The van der Waals surface area contributed by atoms with Crippen LogP contribution in [0.25, 0.3) is 0 Å². The molecule has 1 unspecified atom stereocenters. The van der Waals surface area contributed by atoms with Crippen LogP contribution in [0.5, 0.6) is 5.75 Å². The topological polar surface area (TPSA) is 21.3 Å². The molecular formula is C18H22INO. The van der Waals surface area contributed by atoms with Gasteiger partial charge in [-0.25, -0.2) is 0 Å². The number of benzene rings is 2. The van der Waals surface area contributed by atoms with Crippen molar-refractivity contribution in [1.82, 2.24) is 5.32 Å². The monoisotopic (exact) mass is 395 g/mol. The Morgan fingerprint density at radius 3 is 2.24 bits per heavy atom. The minimum Gasteiger partial charge on any atom is -0.489 e. The minimum absolute atomic E-state index is 0.557. The van der Waals surface area contributed by atoms with Crippen molar-refractivity contribution < 1.29 is 4.74 Å². The first kappa shape index (κ1) is 16.3. The van der Waals surface area contributed by atoms with Gasteiger partial charge < -0.3 is 10.1 Å². The van der Waals surface area contributed by atoms with Crippen LogP contribution in [0.4, 0.5) is 0 Å². The summed E-state index contributed by atoms with van der Waals surface area (Å²) in [4.78, 5) is 0. The average molecular weight is 395 g/mol. The third kappa shape index (κ3) is 5.67. The predicted octanol–water partition coefficient (Wildman–Crippen LogP) is 4.41. The predicted molar refractivity (Wildman–Crippen MR) is 96.8 cm³/mol. The minimum atomic E-state index is 0.557. The van der Waals surface area contributed by atoms with Crippen molar-refractivity contribution in [1.29, 1.82) is 0 Å². The van der Waals surface area contributed by atoms with Crippen molar-refractivity contribution in [2.45, 2.75) is 32.4 Å². The Morgan fingerprint density at radius 1 is 1.00 bits per heavy atom. The molecule has 0 bridgehead atoms. The van der Waals surface area contributed by atoms with Gasteiger partial charge in [0.2, 0.25) is 0 Å². The first-order valence-electron chi connectivity index (χ1n) is 7.31. The first-order valence-corrected chi connectivity index (χ1v) is 8.38. The Bertz CT molecular complexity index is 536. The maximum Gasteiger partial charge on any atom is 0.119 e. The molecular weight excluding hydrogens is 373 g/mol. The second-order valence-corrected chi connectivity index (χ2v) is 6.53. The van der Waals surface area contributed by atoms with Gasteiger partial charge in [0.05, 0.1) is 0 Å². The van der Waals surface area contributed by atoms with E-state index in [4.69, 9.17) is 4.74 Å². The number of ether oxygens (including phenoxy) is 1. The first-order chi connectivity index (χ1) is 10.2. The fourth-order valence-corrected chi connectivity index (χ4v) is 2.39. The van der Waals surface area contributed by atoms with Crippen molar-refractivity contribution in [2.75, 3.05) is 7.05 Å². The third-order valence-electron chi connectivity index (χ3n) is 3.60. The molecule has 2 nitrogen and oxygen atoms in total. The van der Waals surface area contributed by atoms with Crippen LogP contribution in [0, 0.1) is 3.57 Å². The molecule has 0 saturated carbocycles. The lowest BCUT2D eigenvalue weighted by atomic mass is 10.1. The molecule has 0 spiro atoms. The highest BCUT2D eigenvalue weighted by atomic mass is 127. The van der Waals surface area contributed by atoms with E-state index < -0.39 is 0 Å². The summed E-state index contributed by atoms with van der Waals surface area (Å²) in [6.45, 7) is 2.82. The molecule has 1 N–H and O–H groups in total. The molecule has 3 heteroatoms. The van der Waals surface area contributed by atoms with Gasteiger partial charge >= 0.3 is 0 Å². The molecule has 2 aromatic carbocycles. The molecule has 21 heavy (non-hydrogen) atoms. The molecule has 0 aliphatic rings.